The Labute approximate surface area is 102 Å². The molecule has 5 heteroatoms. The summed E-state index contributed by atoms with van der Waals surface area (Å²) in [6.07, 6.45) is 1.78. The van der Waals surface area contributed by atoms with Crippen molar-refractivity contribution in [1.82, 2.24) is 0 Å². The van der Waals surface area contributed by atoms with Crippen molar-refractivity contribution in [3.63, 3.8) is 0 Å². The van der Waals surface area contributed by atoms with E-state index in [9.17, 15) is 9.59 Å². The quantitative estimate of drug-likeness (QED) is 0.559. The summed E-state index contributed by atoms with van der Waals surface area (Å²) in [4.78, 5) is 22.6. The Morgan fingerprint density at radius 1 is 1.41 bits per heavy atom. The zero-order valence-corrected chi connectivity index (χ0v) is 10.7. The molecule has 0 saturated carbocycles. The first-order valence-corrected chi connectivity index (χ1v) is 5.51. The van der Waals surface area contributed by atoms with E-state index in [4.69, 9.17) is 15.2 Å². The van der Waals surface area contributed by atoms with Crippen molar-refractivity contribution in [2.24, 2.45) is 5.73 Å². The molecule has 0 aromatic rings. The Kier molecular flexibility index (Phi) is 6.50. The van der Waals surface area contributed by atoms with Crippen molar-refractivity contribution in [2.45, 2.75) is 45.3 Å². The van der Waals surface area contributed by atoms with Crippen molar-refractivity contribution in [3.8, 4) is 0 Å². The number of ether oxygens (including phenoxy) is 2. The van der Waals surface area contributed by atoms with E-state index in [0.29, 0.717) is 0 Å². The number of nitrogens with two attached hydrogens (primary N) is 1. The molecule has 0 aromatic carbocycles. The van der Waals surface area contributed by atoms with Crippen molar-refractivity contribution in [3.05, 3.63) is 12.7 Å². The zero-order chi connectivity index (χ0) is 13.5. The summed E-state index contributed by atoms with van der Waals surface area (Å²) in [5.74, 6) is -0.905. The second-order valence-corrected chi connectivity index (χ2v) is 4.65. The average molecular weight is 243 g/mol. The standard InChI is InChI=1S/C12H21NO4/c1-5-8-16-10(14)7-6-9(13)11(15)17-12(2,3)4/h5,9H,1,6-8,13H2,2-4H3/t9-/m1/s1. The molecule has 0 heterocycles. The van der Waals surface area contributed by atoms with E-state index in [1.165, 1.54) is 6.08 Å². The summed E-state index contributed by atoms with van der Waals surface area (Å²) >= 11 is 0. The summed E-state index contributed by atoms with van der Waals surface area (Å²) in [7, 11) is 0. The van der Waals surface area contributed by atoms with Gasteiger partial charge in [0.1, 0.15) is 18.2 Å². The highest BCUT2D eigenvalue weighted by molar-refractivity contribution is 5.77. The first-order valence-electron chi connectivity index (χ1n) is 5.51. The van der Waals surface area contributed by atoms with Gasteiger partial charge in [-0.25, -0.2) is 0 Å². The van der Waals surface area contributed by atoms with Gasteiger partial charge in [0.25, 0.3) is 0 Å². The van der Waals surface area contributed by atoms with Crippen LogP contribution < -0.4 is 5.73 Å². The second-order valence-electron chi connectivity index (χ2n) is 4.65. The van der Waals surface area contributed by atoms with E-state index in [2.05, 4.69) is 6.58 Å². The number of esters is 2. The number of carbonyl (C=O) groups excluding carboxylic acids is 2. The van der Waals surface area contributed by atoms with Crippen molar-refractivity contribution in [2.75, 3.05) is 6.61 Å². The van der Waals surface area contributed by atoms with E-state index in [0.717, 1.165) is 0 Å². The lowest BCUT2D eigenvalue weighted by Gasteiger charge is -2.21. The molecule has 0 spiro atoms. The van der Waals surface area contributed by atoms with Crippen molar-refractivity contribution in [1.29, 1.82) is 0 Å². The molecule has 2 N–H and O–H groups in total. The van der Waals surface area contributed by atoms with Gasteiger partial charge in [0.2, 0.25) is 0 Å². The smallest absolute Gasteiger partial charge is 0.323 e. The van der Waals surface area contributed by atoms with Crippen LogP contribution in [-0.4, -0.2) is 30.2 Å². The lowest BCUT2D eigenvalue weighted by atomic mass is 10.1. The Hall–Kier alpha value is -1.36. The van der Waals surface area contributed by atoms with Crippen molar-refractivity contribution < 1.29 is 19.1 Å². The van der Waals surface area contributed by atoms with Gasteiger partial charge in [-0.3, -0.25) is 9.59 Å². The Morgan fingerprint density at radius 3 is 2.47 bits per heavy atom. The lowest BCUT2D eigenvalue weighted by Crippen LogP contribution is -2.37. The molecule has 5 nitrogen and oxygen atoms in total. The van der Waals surface area contributed by atoms with Gasteiger partial charge in [-0.05, 0) is 27.2 Å². The maximum atomic E-state index is 11.5. The van der Waals surface area contributed by atoms with E-state index in [-0.39, 0.29) is 19.4 Å². The van der Waals surface area contributed by atoms with Crippen LogP contribution in [0.2, 0.25) is 0 Å². The molecule has 0 aliphatic rings. The molecular formula is C12H21NO4. The molecule has 1 atom stereocenters. The van der Waals surface area contributed by atoms with Crippen LogP contribution in [-0.2, 0) is 19.1 Å². The fourth-order valence-corrected chi connectivity index (χ4v) is 0.993. The van der Waals surface area contributed by atoms with Crippen LogP contribution in [0.1, 0.15) is 33.6 Å². The third-order valence-corrected chi connectivity index (χ3v) is 1.73. The first-order chi connectivity index (χ1) is 7.76. The summed E-state index contributed by atoms with van der Waals surface area (Å²) in [5, 5.41) is 0. The molecule has 0 amide bonds. The lowest BCUT2D eigenvalue weighted by molar-refractivity contribution is -0.156. The van der Waals surface area contributed by atoms with Gasteiger partial charge in [-0.1, -0.05) is 12.7 Å². The Morgan fingerprint density at radius 2 is 2.00 bits per heavy atom. The third kappa shape index (κ3) is 8.45. The van der Waals surface area contributed by atoms with Gasteiger partial charge < -0.3 is 15.2 Å². The van der Waals surface area contributed by atoms with Crippen LogP contribution in [0, 0.1) is 0 Å². The highest BCUT2D eigenvalue weighted by Gasteiger charge is 2.22. The number of rotatable bonds is 6. The van der Waals surface area contributed by atoms with Gasteiger partial charge >= 0.3 is 11.9 Å². The topological polar surface area (TPSA) is 78.6 Å². The van der Waals surface area contributed by atoms with Crippen LogP contribution in [0.25, 0.3) is 0 Å². The maximum Gasteiger partial charge on any atom is 0.323 e. The van der Waals surface area contributed by atoms with Crippen molar-refractivity contribution >= 4 is 11.9 Å². The average Bonchev–Trinajstić information content (AvgIpc) is 2.20. The predicted molar refractivity (Wildman–Crippen MR) is 64.2 cm³/mol. The fourth-order valence-electron chi connectivity index (χ4n) is 0.993. The molecule has 0 rings (SSSR count). The fraction of sp³-hybridized carbons (Fsp3) is 0.667. The minimum absolute atomic E-state index is 0.0915. The monoisotopic (exact) mass is 243 g/mol. The van der Waals surface area contributed by atoms with E-state index in [1.807, 2.05) is 0 Å². The molecule has 0 aromatic heterocycles. The molecule has 0 aliphatic heterocycles. The molecule has 0 aliphatic carbocycles. The molecule has 0 unspecified atom stereocenters. The Bertz CT molecular complexity index is 281. The Balaban J connectivity index is 3.93. The highest BCUT2D eigenvalue weighted by Crippen LogP contribution is 2.09. The highest BCUT2D eigenvalue weighted by atomic mass is 16.6. The summed E-state index contributed by atoms with van der Waals surface area (Å²) < 4.78 is 9.84. The third-order valence-electron chi connectivity index (χ3n) is 1.73. The second kappa shape index (κ2) is 7.06. The number of hydrogen-bond donors (Lipinski definition) is 1. The molecule has 0 radical (unpaired) electrons. The molecule has 17 heavy (non-hydrogen) atoms. The minimum atomic E-state index is -0.800. The number of hydrogen-bond acceptors (Lipinski definition) is 5. The van der Waals surface area contributed by atoms with Gasteiger partial charge in [0.15, 0.2) is 0 Å². The van der Waals surface area contributed by atoms with E-state index >= 15 is 0 Å². The van der Waals surface area contributed by atoms with Gasteiger partial charge in [0.05, 0.1) is 0 Å². The van der Waals surface area contributed by atoms with E-state index < -0.39 is 23.6 Å². The van der Waals surface area contributed by atoms with Crippen LogP contribution in [0.15, 0.2) is 12.7 Å². The molecule has 98 valence electrons. The number of carbonyl (C=O) groups is 2. The summed E-state index contributed by atoms with van der Waals surface area (Å²) in [6, 6.07) is -0.800. The minimum Gasteiger partial charge on any atom is -0.461 e. The molecular weight excluding hydrogens is 222 g/mol. The van der Waals surface area contributed by atoms with Crippen LogP contribution >= 0.6 is 0 Å². The predicted octanol–water partition coefficient (Wildman–Crippen LogP) is 1.16. The molecule has 0 bridgehead atoms. The molecule has 0 saturated heterocycles. The first kappa shape index (κ1) is 15.6. The van der Waals surface area contributed by atoms with Gasteiger partial charge in [-0.2, -0.15) is 0 Å². The largest absolute Gasteiger partial charge is 0.461 e. The van der Waals surface area contributed by atoms with E-state index in [1.54, 1.807) is 20.8 Å². The normalized spacial score (nSPS) is 12.7. The zero-order valence-electron chi connectivity index (χ0n) is 10.7. The summed E-state index contributed by atoms with van der Waals surface area (Å²) in [6.45, 7) is 8.87. The maximum absolute atomic E-state index is 11.5. The van der Waals surface area contributed by atoms with Gasteiger partial charge in [0, 0.05) is 6.42 Å². The summed E-state index contributed by atoms with van der Waals surface area (Å²) in [5.41, 5.74) is 5.03. The van der Waals surface area contributed by atoms with Gasteiger partial charge in [-0.15, -0.1) is 0 Å². The van der Waals surface area contributed by atoms with Crippen LogP contribution in [0.5, 0.6) is 0 Å². The van der Waals surface area contributed by atoms with Crippen LogP contribution in [0.4, 0.5) is 0 Å². The molecule has 0 fully saturated rings. The SMILES string of the molecule is C=CCOC(=O)CC[C@@H](N)C(=O)OC(C)(C)C. The van der Waals surface area contributed by atoms with Crippen LogP contribution in [0.3, 0.4) is 0 Å².